The fourth-order valence-electron chi connectivity index (χ4n) is 1.42. The Hall–Kier alpha value is -1.49. The Morgan fingerprint density at radius 3 is 2.33 bits per heavy atom. The van der Waals surface area contributed by atoms with Crippen molar-refractivity contribution < 1.29 is 4.74 Å². The Kier molecular flexibility index (Phi) is 3.74. The smallest absolute Gasteiger partial charge is 0.119 e. The molecule has 0 atom stereocenters. The second kappa shape index (κ2) is 4.84. The van der Waals surface area contributed by atoms with Gasteiger partial charge in [-0.1, -0.05) is 12.1 Å². The van der Waals surface area contributed by atoms with Crippen LogP contribution >= 0.6 is 0 Å². The largest absolute Gasteiger partial charge is 0.494 e. The molecule has 0 spiro atoms. The van der Waals surface area contributed by atoms with Gasteiger partial charge in [0, 0.05) is 0 Å². The van der Waals surface area contributed by atoms with Gasteiger partial charge in [-0.25, -0.2) is 0 Å². The predicted molar refractivity (Wildman–Crippen MR) is 60.7 cm³/mol. The first-order chi connectivity index (χ1) is 7.07. The van der Waals surface area contributed by atoms with Gasteiger partial charge < -0.3 is 4.74 Å². The van der Waals surface area contributed by atoms with Crippen molar-refractivity contribution in [2.45, 2.75) is 27.2 Å². The number of benzene rings is 1. The van der Waals surface area contributed by atoms with Gasteiger partial charge in [-0.3, -0.25) is 0 Å². The number of nitriles is 1. The lowest BCUT2D eigenvalue weighted by Gasteiger charge is -2.15. The van der Waals surface area contributed by atoms with E-state index in [9.17, 15) is 0 Å². The maximum absolute atomic E-state index is 8.92. The number of ether oxygens (including phenoxy) is 1. The Balaban J connectivity index is 2.69. The van der Waals surface area contributed by atoms with Crippen molar-refractivity contribution in [3.05, 3.63) is 29.8 Å². The van der Waals surface area contributed by atoms with Gasteiger partial charge in [0.2, 0.25) is 0 Å². The summed E-state index contributed by atoms with van der Waals surface area (Å²) in [6.45, 7) is 6.54. The highest BCUT2D eigenvalue weighted by molar-refractivity contribution is 5.28. The topological polar surface area (TPSA) is 33.0 Å². The minimum absolute atomic E-state index is 0.298. The molecule has 0 heterocycles. The molecular formula is C13H17NO. The molecule has 80 valence electrons. The van der Waals surface area contributed by atoms with Gasteiger partial charge in [0.05, 0.1) is 18.1 Å². The molecule has 2 heteroatoms. The monoisotopic (exact) mass is 203 g/mol. The zero-order valence-electron chi connectivity index (χ0n) is 9.58. The summed E-state index contributed by atoms with van der Waals surface area (Å²) in [7, 11) is 0. The van der Waals surface area contributed by atoms with E-state index in [-0.39, 0.29) is 5.41 Å². The van der Waals surface area contributed by atoms with Crippen LogP contribution in [-0.4, -0.2) is 6.61 Å². The molecule has 15 heavy (non-hydrogen) atoms. The van der Waals surface area contributed by atoms with Crippen LogP contribution in [0.3, 0.4) is 0 Å². The molecule has 0 N–H and O–H groups in total. The highest BCUT2D eigenvalue weighted by atomic mass is 16.5. The summed E-state index contributed by atoms with van der Waals surface area (Å²) in [5.41, 5.74) is 0.873. The van der Waals surface area contributed by atoms with E-state index >= 15 is 0 Å². The summed E-state index contributed by atoms with van der Waals surface area (Å²) < 4.78 is 5.35. The van der Waals surface area contributed by atoms with E-state index in [0.717, 1.165) is 12.2 Å². The molecule has 0 amide bonds. The molecule has 0 saturated carbocycles. The molecule has 0 radical (unpaired) electrons. The second-order valence-electron chi connectivity index (χ2n) is 4.25. The van der Waals surface area contributed by atoms with Gasteiger partial charge in [-0.05, 0) is 44.9 Å². The van der Waals surface area contributed by atoms with E-state index in [4.69, 9.17) is 10.00 Å². The SMILES string of the molecule is CCOc1ccc(CC(C)(C)C#N)cc1. The quantitative estimate of drug-likeness (QED) is 0.753. The van der Waals surface area contributed by atoms with E-state index in [0.29, 0.717) is 6.61 Å². The summed E-state index contributed by atoms with van der Waals surface area (Å²) in [4.78, 5) is 0. The number of hydrogen-bond acceptors (Lipinski definition) is 2. The van der Waals surface area contributed by atoms with Crippen molar-refractivity contribution in [3.8, 4) is 11.8 Å². The number of rotatable bonds is 4. The maximum atomic E-state index is 8.92. The van der Waals surface area contributed by atoms with Crippen molar-refractivity contribution in [1.29, 1.82) is 5.26 Å². The maximum Gasteiger partial charge on any atom is 0.119 e. The standard InChI is InChI=1S/C13H17NO/c1-4-15-12-7-5-11(6-8-12)9-13(2,3)10-14/h5-8H,4,9H2,1-3H3. The normalized spacial score (nSPS) is 10.8. The van der Waals surface area contributed by atoms with Crippen molar-refractivity contribution in [2.75, 3.05) is 6.61 Å². The van der Waals surface area contributed by atoms with Crippen LogP contribution in [0.15, 0.2) is 24.3 Å². The van der Waals surface area contributed by atoms with Crippen LogP contribution in [-0.2, 0) is 6.42 Å². The highest BCUT2D eigenvalue weighted by Crippen LogP contribution is 2.22. The lowest BCUT2D eigenvalue weighted by atomic mass is 9.87. The predicted octanol–water partition coefficient (Wildman–Crippen LogP) is 3.18. The summed E-state index contributed by atoms with van der Waals surface area (Å²) in [6.07, 6.45) is 0.774. The third-order valence-electron chi connectivity index (χ3n) is 2.18. The summed E-state index contributed by atoms with van der Waals surface area (Å²) in [6, 6.07) is 10.2. The summed E-state index contributed by atoms with van der Waals surface area (Å²) in [5.74, 6) is 0.885. The molecule has 0 saturated heterocycles. The lowest BCUT2D eigenvalue weighted by molar-refractivity contribution is 0.340. The molecule has 1 aromatic carbocycles. The summed E-state index contributed by atoms with van der Waals surface area (Å²) >= 11 is 0. The lowest BCUT2D eigenvalue weighted by Crippen LogP contribution is -2.11. The van der Waals surface area contributed by atoms with E-state index in [1.165, 1.54) is 5.56 Å². The van der Waals surface area contributed by atoms with Crippen LogP contribution in [0.1, 0.15) is 26.3 Å². The molecule has 0 fully saturated rings. The van der Waals surface area contributed by atoms with Gasteiger partial charge in [-0.2, -0.15) is 5.26 Å². The van der Waals surface area contributed by atoms with Gasteiger partial charge in [-0.15, -0.1) is 0 Å². The van der Waals surface area contributed by atoms with Crippen LogP contribution in [0.4, 0.5) is 0 Å². The average molecular weight is 203 g/mol. The Bertz CT molecular complexity index is 346. The van der Waals surface area contributed by atoms with E-state index in [1.807, 2.05) is 45.0 Å². The van der Waals surface area contributed by atoms with Crippen LogP contribution in [0.5, 0.6) is 5.75 Å². The van der Waals surface area contributed by atoms with Crippen LogP contribution in [0, 0.1) is 16.7 Å². The first-order valence-electron chi connectivity index (χ1n) is 5.20. The van der Waals surface area contributed by atoms with Gasteiger partial charge >= 0.3 is 0 Å². The fraction of sp³-hybridized carbons (Fsp3) is 0.462. The molecular weight excluding hydrogens is 186 g/mol. The van der Waals surface area contributed by atoms with Crippen molar-refractivity contribution in [2.24, 2.45) is 5.41 Å². The van der Waals surface area contributed by atoms with E-state index in [2.05, 4.69) is 6.07 Å². The number of nitrogens with zero attached hydrogens (tertiary/aromatic N) is 1. The van der Waals surface area contributed by atoms with E-state index < -0.39 is 0 Å². The first kappa shape index (κ1) is 11.6. The zero-order valence-corrected chi connectivity index (χ0v) is 9.58. The van der Waals surface area contributed by atoms with Crippen LogP contribution in [0.2, 0.25) is 0 Å². The third-order valence-corrected chi connectivity index (χ3v) is 2.18. The van der Waals surface area contributed by atoms with Crippen molar-refractivity contribution in [1.82, 2.24) is 0 Å². The van der Waals surface area contributed by atoms with Crippen LogP contribution in [0.25, 0.3) is 0 Å². The minimum Gasteiger partial charge on any atom is -0.494 e. The molecule has 0 aliphatic carbocycles. The van der Waals surface area contributed by atoms with Crippen molar-refractivity contribution in [3.63, 3.8) is 0 Å². The third kappa shape index (κ3) is 3.63. The molecule has 0 bridgehead atoms. The fourth-order valence-corrected chi connectivity index (χ4v) is 1.42. The molecule has 1 rings (SSSR count). The Labute approximate surface area is 91.5 Å². The van der Waals surface area contributed by atoms with Gasteiger partial charge in [0.15, 0.2) is 0 Å². The molecule has 0 aliphatic rings. The number of hydrogen-bond donors (Lipinski definition) is 0. The van der Waals surface area contributed by atoms with Gasteiger partial charge in [0.25, 0.3) is 0 Å². The molecule has 0 aliphatic heterocycles. The highest BCUT2D eigenvalue weighted by Gasteiger charge is 2.16. The Morgan fingerprint density at radius 1 is 1.27 bits per heavy atom. The molecule has 0 unspecified atom stereocenters. The zero-order chi connectivity index (χ0) is 11.3. The first-order valence-corrected chi connectivity index (χ1v) is 5.20. The molecule has 1 aromatic rings. The van der Waals surface area contributed by atoms with Gasteiger partial charge in [0.1, 0.15) is 5.75 Å². The second-order valence-corrected chi connectivity index (χ2v) is 4.25. The summed E-state index contributed by atoms with van der Waals surface area (Å²) in [5, 5.41) is 8.92. The Morgan fingerprint density at radius 2 is 1.87 bits per heavy atom. The van der Waals surface area contributed by atoms with E-state index in [1.54, 1.807) is 0 Å². The average Bonchev–Trinajstić information content (AvgIpc) is 2.21. The van der Waals surface area contributed by atoms with Crippen LogP contribution < -0.4 is 4.74 Å². The van der Waals surface area contributed by atoms with Crippen molar-refractivity contribution >= 4 is 0 Å². The molecule has 2 nitrogen and oxygen atoms in total. The molecule has 0 aromatic heterocycles. The minimum atomic E-state index is -0.298.